The summed E-state index contributed by atoms with van der Waals surface area (Å²) < 4.78 is 0. The fourth-order valence-corrected chi connectivity index (χ4v) is 4.51. The van der Waals surface area contributed by atoms with E-state index in [4.69, 9.17) is 0 Å². The van der Waals surface area contributed by atoms with Gasteiger partial charge < -0.3 is 9.80 Å². The molecule has 0 unspecified atom stereocenters. The molecule has 4 rings (SSSR count). The smallest absolute Gasteiger partial charge is 0.254 e. The summed E-state index contributed by atoms with van der Waals surface area (Å²) in [4.78, 5) is 28.6. The number of likely N-dealkylation sites (tertiary alicyclic amines) is 1. The Balaban J connectivity index is 1.50. The highest BCUT2D eigenvalue weighted by Gasteiger charge is 2.47. The van der Waals surface area contributed by atoms with Crippen molar-refractivity contribution in [3.05, 3.63) is 39.2 Å². The number of fused-ring (bicyclic) bond motifs is 1. The zero-order valence-electron chi connectivity index (χ0n) is 11.3. The lowest BCUT2D eigenvalue weighted by Crippen LogP contribution is -2.35. The maximum atomic E-state index is 12.5. The molecule has 4 nitrogen and oxygen atoms in total. The fraction of sp³-hybridized carbons (Fsp3) is 0.333. The lowest BCUT2D eigenvalue weighted by atomic mass is 10.0. The van der Waals surface area contributed by atoms with Gasteiger partial charge in [0.25, 0.3) is 5.91 Å². The van der Waals surface area contributed by atoms with Crippen molar-refractivity contribution in [2.45, 2.75) is 0 Å². The molecule has 0 aliphatic carbocycles. The molecule has 108 valence electrons. The van der Waals surface area contributed by atoms with Crippen LogP contribution in [0, 0.1) is 11.8 Å². The SMILES string of the molecule is O=C(c1ccsc1)N1C[C@H]2CN(c3ccsc3)C(=O)[C@H]2C1. The molecule has 0 spiro atoms. The van der Waals surface area contributed by atoms with Crippen LogP contribution in [0.3, 0.4) is 0 Å². The summed E-state index contributed by atoms with van der Waals surface area (Å²) in [6, 6.07) is 3.83. The number of anilines is 1. The summed E-state index contributed by atoms with van der Waals surface area (Å²) in [5.74, 6) is 0.451. The zero-order chi connectivity index (χ0) is 14.4. The maximum absolute atomic E-state index is 12.5. The molecular weight excluding hydrogens is 304 g/mol. The van der Waals surface area contributed by atoms with Crippen LogP contribution in [-0.2, 0) is 4.79 Å². The fourth-order valence-electron chi connectivity index (χ4n) is 3.24. The van der Waals surface area contributed by atoms with E-state index in [1.807, 2.05) is 43.5 Å². The van der Waals surface area contributed by atoms with Crippen molar-refractivity contribution in [3.63, 3.8) is 0 Å². The molecule has 4 heterocycles. The Bertz CT molecular complexity index is 666. The van der Waals surface area contributed by atoms with Crippen molar-refractivity contribution in [2.24, 2.45) is 11.8 Å². The second-order valence-electron chi connectivity index (χ2n) is 5.52. The Kier molecular flexibility index (Phi) is 3.08. The predicted molar refractivity (Wildman–Crippen MR) is 83.9 cm³/mol. The molecule has 2 aromatic heterocycles. The van der Waals surface area contributed by atoms with Crippen LogP contribution in [0.5, 0.6) is 0 Å². The lowest BCUT2D eigenvalue weighted by Gasteiger charge is -2.20. The topological polar surface area (TPSA) is 40.6 Å². The standard InChI is InChI=1S/C15H14N2O2S2/c18-14(10-1-3-20-8-10)16-5-11-6-17(12-2-4-21-9-12)15(19)13(11)7-16/h1-4,8-9,11,13H,5-7H2/t11-,13-/m0/s1. The Morgan fingerprint density at radius 2 is 1.90 bits per heavy atom. The minimum absolute atomic E-state index is 0.0347. The first-order valence-corrected chi connectivity index (χ1v) is 8.77. The third-order valence-corrected chi connectivity index (χ3v) is 5.67. The molecule has 0 saturated carbocycles. The van der Waals surface area contributed by atoms with Crippen LogP contribution in [0.4, 0.5) is 5.69 Å². The van der Waals surface area contributed by atoms with Gasteiger partial charge in [-0.05, 0) is 22.9 Å². The lowest BCUT2D eigenvalue weighted by molar-refractivity contribution is -0.120. The van der Waals surface area contributed by atoms with Gasteiger partial charge in [-0.1, -0.05) is 0 Å². The number of hydrogen-bond donors (Lipinski definition) is 0. The third kappa shape index (κ3) is 2.10. The molecule has 0 radical (unpaired) electrons. The molecule has 21 heavy (non-hydrogen) atoms. The van der Waals surface area contributed by atoms with Gasteiger partial charge >= 0.3 is 0 Å². The van der Waals surface area contributed by atoms with Crippen molar-refractivity contribution in [1.82, 2.24) is 4.90 Å². The van der Waals surface area contributed by atoms with Crippen LogP contribution in [0.2, 0.25) is 0 Å². The van der Waals surface area contributed by atoms with Crippen molar-refractivity contribution >= 4 is 40.2 Å². The van der Waals surface area contributed by atoms with Gasteiger partial charge in [-0.3, -0.25) is 9.59 Å². The second kappa shape index (κ2) is 4.96. The minimum atomic E-state index is -0.0347. The first-order chi connectivity index (χ1) is 10.2. The summed E-state index contributed by atoms with van der Waals surface area (Å²) in [5.41, 5.74) is 1.73. The number of amides is 2. The molecule has 2 saturated heterocycles. The highest BCUT2D eigenvalue weighted by atomic mass is 32.1. The van der Waals surface area contributed by atoms with Gasteiger partial charge in [-0.25, -0.2) is 0 Å². The van der Waals surface area contributed by atoms with Crippen LogP contribution < -0.4 is 4.90 Å². The van der Waals surface area contributed by atoms with E-state index in [9.17, 15) is 9.59 Å². The monoisotopic (exact) mass is 318 g/mol. The highest BCUT2D eigenvalue weighted by Crippen LogP contribution is 2.36. The van der Waals surface area contributed by atoms with Gasteiger partial charge in [0.1, 0.15) is 0 Å². The van der Waals surface area contributed by atoms with E-state index >= 15 is 0 Å². The maximum Gasteiger partial charge on any atom is 0.254 e. The Morgan fingerprint density at radius 1 is 1.10 bits per heavy atom. The third-order valence-electron chi connectivity index (χ3n) is 4.31. The van der Waals surface area contributed by atoms with Gasteiger partial charge in [0.05, 0.1) is 17.2 Å². The average Bonchev–Trinajstić information content (AvgIpc) is 3.25. The summed E-state index contributed by atoms with van der Waals surface area (Å²) in [6.45, 7) is 1.97. The Labute approximate surface area is 130 Å². The van der Waals surface area contributed by atoms with Crippen molar-refractivity contribution < 1.29 is 9.59 Å². The normalized spacial score (nSPS) is 24.7. The van der Waals surface area contributed by atoms with E-state index in [0.717, 1.165) is 17.8 Å². The molecule has 2 atom stereocenters. The second-order valence-corrected chi connectivity index (χ2v) is 7.08. The number of thiophene rings is 2. The Hall–Kier alpha value is -1.66. The van der Waals surface area contributed by atoms with E-state index in [-0.39, 0.29) is 23.7 Å². The first-order valence-electron chi connectivity index (χ1n) is 6.89. The molecule has 2 aliphatic heterocycles. The van der Waals surface area contributed by atoms with Crippen LogP contribution in [0.15, 0.2) is 33.7 Å². The van der Waals surface area contributed by atoms with Crippen LogP contribution in [-0.4, -0.2) is 36.3 Å². The summed E-state index contributed by atoms with van der Waals surface area (Å²) in [6.07, 6.45) is 0. The van der Waals surface area contributed by atoms with Crippen LogP contribution >= 0.6 is 22.7 Å². The Morgan fingerprint density at radius 3 is 2.57 bits per heavy atom. The number of rotatable bonds is 2. The molecule has 2 fully saturated rings. The van der Waals surface area contributed by atoms with Gasteiger partial charge in [-0.2, -0.15) is 22.7 Å². The van der Waals surface area contributed by atoms with E-state index in [1.54, 1.807) is 11.3 Å². The van der Waals surface area contributed by atoms with E-state index in [1.165, 1.54) is 11.3 Å². The highest BCUT2D eigenvalue weighted by molar-refractivity contribution is 7.08. The van der Waals surface area contributed by atoms with Crippen molar-refractivity contribution in [1.29, 1.82) is 0 Å². The van der Waals surface area contributed by atoms with Crippen molar-refractivity contribution in [2.75, 3.05) is 24.5 Å². The molecule has 2 amide bonds. The molecule has 0 aromatic carbocycles. The quantitative estimate of drug-likeness (QED) is 0.854. The first kappa shape index (κ1) is 13.0. The summed E-state index contributed by atoms with van der Waals surface area (Å²) in [7, 11) is 0. The molecule has 2 aromatic rings. The van der Waals surface area contributed by atoms with E-state index < -0.39 is 0 Å². The van der Waals surface area contributed by atoms with Gasteiger partial charge in [0.15, 0.2) is 0 Å². The summed E-state index contributed by atoms with van der Waals surface area (Å²) in [5, 5.41) is 7.78. The van der Waals surface area contributed by atoms with E-state index in [2.05, 4.69) is 0 Å². The van der Waals surface area contributed by atoms with Gasteiger partial charge in [0.2, 0.25) is 5.91 Å². The average molecular weight is 318 g/mol. The molecule has 6 heteroatoms. The van der Waals surface area contributed by atoms with E-state index in [0.29, 0.717) is 13.1 Å². The predicted octanol–water partition coefficient (Wildman–Crippen LogP) is 2.54. The molecule has 0 N–H and O–H groups in total. The van der Waals surface area contributed by atoms with Gasteiger partial charge in [0, 0.05) is 36.3 Å². The molecular formula is C15H14N2O2S2. The number of hydrogen-bond acceptors (Lipinski definition) is 4. The minimum Gasteiger partial charge on any atom is -0.337 e. The van der Waals surface area contributed by atoms with Crippen LogP contribution in [0.25, 0.3) is 0 Å². The van der Waals surface area contributed by atoms with Crippen LogP contribution in [0.1, 0.15) is 10.4 Å². The largest absolute Gasteiger partial charge is 0.337 e. The van der Waals surface area contributed by atoms with Gasteiger partial charge in [-0.15, -0.1) is 0 Å². The number of carbonyl (C=O) groups excluding carboxylic acids is 2. The number of carbonyl (C=O) groups is 2. The number of nitrogens with zero attached hydrogens (tertiary/aromatic N) is 2. The van der Waals surface area contributed by atoms with Crippen molar-refractivity contribution in [3.8, 4) is 0 Å². The molecule has 0 bridgehead atoms. The zero-order valence-corrected chi connectivity index (χ0v) is 12.9. The summed E-state index contributed by atoms with van der Waals surface area (Å²) >= 11 is 3.13. The molecule has 2 aliphatic rings.